The number of aromatic nitrogens is 3. The minimum atomic E-state index is -0.996. The second kappa shape index (κ2) is 2.60. The van der Waals surface area contributed by atoms with E-state index in [1.165, 1.54) is 0 Å². The molecule has 0 spiro atoms. The number of nitrogens with two attached hydrogens (primary N) is 1. The van der Waals surface area contributed by atoms with E-state index in [1.54, 1.807) is 13.8 Å². The molecule has 11 heavy (non-hydrogen) atoms. The molecule has 4 N–H and O–H groups in total. The van der Waals surface area contributed by atoms with Crippen molar-refractivity contribution in [1.29, 1.82) is 0 Å². The molecule has 0 saturated carbocycles. The van der Waals surface area contributed by atoms with E-state index < -0.39 is 5.60 Å². The molecule has 1 heterocycles. The highest BCUT2D eigenvalue weighted by Crippen LogP contribution is 2.13. The summed E-state index contributed by atoms with van der Waals surface area (Å²) in [5.74, 6) is 0.958. The topological polar surface area (TPSA) is 87.8 Å². The van der Waals surface area contributed by atoms with Crippen LogP contribution in [0.1, 0.15) is 25.5 Å². The maximum atomic E-state index is 9.41. The Hall–Kier alpha value is -0.940. The van der Waals surface area contributed by atoms with Crippen molar-refractivity contribution in [3.05, 3.63) is 11.6 Å². The molecular formula is C6H12N4O. The molecule has 62 valence electrons. The summed E-state index contributed by atoms with van der Waals surface area (Å²) in [6, 6.07) is 0. The lowest BCUT2D eigenvalue weighted by atomic mass is 10.1. The molecular weight excluding hydrogens is 144 g/mol. The number of nitrogens with zero attached hydrogens (tertiary/aromatic N) is 2. The predicted octanol–water partition coefficient (Wildman–Crippen LogP) is -0.509. The summed E-state index contributed by atoms with van der Waals surface area (Å²) >= 11 is 0. The van der Waals surface area contributed by atoms with Crippen LogP contribution in [0.25, 0.3) is 0 Å². The van der Waals surface area contributed by atoms with Crippen molar-refractivity contribution in [2.24, 2.45) is 5.73 Å². The van der Waals surface area contributed by atoms with Crippen molar-refractivity contribution in [1.82, 2.24) is 15.2 Å². The average Bonchev–Trinajstić information content (AvgIpc) is 2.32. The van der Waals surface area contributed by atoms with Crippen LogP contribution in [0.15, 0.2) is 0 Å². The standard InChI is InChI=1S/C6H12N4O/c1-6(2,11)5-8-4(3-7)9-10-5/h11H,3,7H2,1-2H3,(H,8,9,10). The number of rotatable bonds is 2. The van der Waals surface area contributed by atoms with E-state index in [0.717, 1.165) is 0 Å². The third kappa shape index (κ3) is 1.75. The molecule has 1 aromatic rings. The van der Waals surface area contributed by atoms with Gasteiger partial charge in [-0.2, -0.15) is 5.10 Å². The fraction of sp³-hybridized carbons (Fsp3) is 0.667. The molecule has 0 bridgehead atoms. The van der Waals surface area contributed by atoms with Gasteiger partial charge >= 0.3 is 0 Å². The molecule has 0 saturated heterocycles. The Morgan fingerprint density at radius 2 is 2.27 bits per heavy atom. The second-order valence-electron chi connectivity index (χ2n) is 2.87. The van der Waals surface area contributed by atoms with Gasteiger partial charge < -0.3 is 10.8 Å². The van der Waals surface area contributed by atoms with E-state index in [0.29, 0.717) is 18.2 Å². The van der Waals surface area contributed by atoms with Crippen LogP contribution < -0.4 is 5.73 Å². The molecule has 0 aliphatic rings. The Balaban J connectivity index is 2.89. The Bertz CT molecular complexity index is 237. The summed E-state index contributed by atoms with van der Waals surface area (Å²) in [6.07, 6.45) is 0. The Labute approximate surface area is 64.6 Å². The molecule has 1 aromatic heterocycles. The van der Waals surface area contributed by atoms with Gasteiger partial charge in [0, 0.05) is 0 Å². The zero-order valence-electron chi connectivity index (χ0n) is 6.63. The van der Waals surface area contributed by atoms with E-state index in [-0.39, 0.29) is 0 Å². The highest BCUT2D eigenvalue weighted by Gasteiger charge is 2.20. The minimum Gasteiger partial charge on any atom is -0.382 e. The molecule has 0 unspecified atom stereocenters. The molecule has 0 aromatic carbocycles. The molecule has 5 nitrogen and oxygen atoms in total. The largest absolute Gasteiger partial charge is 0.382 e. The van der Waals surface area contributed by atoms with Crippen molar-refractivity contribution in [2.45, 2.75) is 26.0 Å². The number of hydrogen-bond acceptors (Lipinski definition) is 4. The normalized spacial score (nSPS) is 12.0. The Kier molecular flexibility index (Phi) is 1.92. The maximum absolute atomic E-state index is 9.41. The molecule has 0 atom stereocenters. The number of aromatic amines is 1. The number of H-pyrrole nitrogens is 1. The van der Waals surface area contributed by atoms with Crippen molar-refractivity contribution >= 4 is 0 Å². The minimum absolute atomic E-state index is 0.309. The highest BCUT2D eigenvalue weighted by atomic mass is 16.3. The molecule has 0 aliphatic carbocycles. The van der Waals surface area contributed by atoms with Gasteiger partial charge in [0.1, 0.15) is 11.4 Å². The molecule has 5 heteroatoms. The Morgan fingerprint density at radius 1 is 1.64 bits per heavy atom. The van der Waals surface area contributed by atoms with Gasteiger partial charge in [0.25, 0.3) is 0 Å². The van der Waals surface area contributed by atoms with E-state index in [4.69, 9.17) is 5.73 Å². The lowest BCUT2D eigenvalue weighted by Gasteiger charge is -2.10. The average molecular weight is 156 g/mol. The van der Waals surface area contributed by atoms with Gasteiger partial charge in [0.15, 0.2) is 5.82 Å². The predicted molar refractivity (Wildman–Crippen MR) is 39.5 cm³/mol. The summed E-state index contributed by atoms with van der Waals surface area (Å²) in [5, 5.41) is 15.8. The first-order valence-corrected chi connectivity index (χ1v) is 3.38. The van der Waals surface area contributed by atoms with E-state index in [1.807, 2.05) is 0 Å². The van der Waals surface area contributed by atoms with E-state index in [9.17, 15) is 5.11 Å². The monoisotopic (exact) mass is 156 g/mol. The van der Waals surface area contributed by atoms with Gasteiger partial charge in [-0.25, -0.2) is 4.98 Å². The fourth-order valence-corrected chi connectivity index (χ4v) is 0.660. The number of aliphatic hydroxyl groups is 1. The Morgan fingerprint density at radius 3 is 2.55 bits per heavy atom. The highest BCUT2D eigenvalue weighted by molar-refractivity contribution is 4.97. The van der Waals surface area contributed by atoms with E-state index in [2.05, 4.69) is 15.2 Å². The van der Waals surface area contributed by atoms with Gasteiger partial charge in [-0.05, 0) is 13.8 Å². The van der Waals surface area contributed by atoms with Crippen LogP contribution in [0.4, 0.5) is 0 Å². The second-order valence-corrected chi connectivity index (χ2v) is 2.87. The van der Waals surface area contributed by atoms with Crippen LogP contribution in [-0.4, -0.2) is 20.3 Å². The first-order chi connectivity index (χ1) is 5.04. The zero-order chi connectivity index (χ0) is 8.48. The van der Waals surface area contributed by atoms with Gasteiger partial charge in [0.2, 0.25) is 0 Å². The third-order valence-electron chi connectivity index (χ3n) is 1.27. The lowest BCUT2D eigenvalue weighted by molar-refractivity contribution is 0.0690. The maximum Gasteiger partial charge on any atom is 0.181 e. The van der Waals surface area contributed by atoms with Crippen LogP contribution in [0.3, 0.4) is 0 Å². The first-order valence-electron chi connectivity index (χ1n) is 3.38. The summed E-state index contributed by atoms with van der Waals surface area (Å²) < 4.78 is 0. The summed E-state index contributed by atoms with van der Waals surface area (Å²) in [7, 11) is 0. The zero-order valence-corrected chi connectivity index (χ0v) is 6.63. The van der Waals surface area contributed by atoms with Crippen molar-refractivity contribution in [3.8, 4) is 0 Å². The van der Waals surface area contributed by atoms with Crippen molar-refractivity contribution in [3.63, 3.8) is 0 Å². The molecule has 0 amide bonds. The summed E-state index contributed by atoms with van der Waals surface area (Å²) in [4.78, 5) is 3.96. The molecule has 0 radical (unpaired) electrons. The number of nitrogens with one attached hydrogen (secondary N) is 1. The third-order valence-corrected chi connectivity index (χ3v) is 1.27. The summed E-state index contributed by atoms with van der Waals surface area (Å²) in [5.41, 5.74) is 4.29. The fourth-order valence-electron chi connectivity index (χ4n) is 0.660. The van der Waals surface area contributed by atoms with Crippen molar-refractivity contribution in [2.75, 3.05) is 0 Å². The van der Waals surface area contributed by atoms with Crippen LogP contribution in [0, 0.1) is 0 Å². The smallest absolute Gasteiger partial charge is 0.181 e. The lowest BCUT2D eigenvalue weighted by Crippen LogP contribution is -2.17. The van der Waals surface area contributed by atoms with Crippen molar-refractivity contribution < 1.29 is 5.11 Å². The van der Waals surface area contributed by atoms with Gasteiger partial charge in [-0.15, -0.1) is 0 Å². The van der Waals surface area contributed by atoms with Gasteiger partial charge in [0.05, 0.1) is 6.54 Å². The van der Waals surface area contributed by atoms with Crippen LogP contribution in [0.5, 0.6) is 0 Å². The number of hydrogen-bond donors (Lipinski definition) is 3. The van der Waals surface area contributed by atoms with Gasteiger partial charge in [-0.1, -0.05) is 0 Å². The van der Waals surface area contributed by atoms with E-state index >= 15 is 0 Å². The molecule has 0 aliphatic heterocycles. The quantitative estimate of drug-likeness (QED) is 0.538. The SMILES string of the molecule is CC(C)(O)c1n[nH]c(CN)n1. The molecule has 0 fully saturated rings. The van der Waals surface area contributed by atoms with Crippen LogP contribution in [0.2, 0.25) is 0 Å². The van der Waals surface area contributed by atoms with Crippen LogP contribution in [-0.2, 0) is 12.1 Å². The summed E-state index contributed by atoms with van der Waals surface area (Å²) in [6.45, 7) is 3.55. The van der Waals surface area contributed by atoms with Gasteiger partial charge in [-0.3, -0.25) is 5.10 Å². The molecule has 1 rings (SSSR count). The first kappa shape index (κ1) is 8.16. The van der Waals surface area contributed by atoms with Crippen LogP contribution >= 0.6 is 0 Å².